The summed E-state index contributed by atoms with van der Waals surface area (Å²) in [6, 6.07) is 12.8. The zero-order valence-electron chi connectivity index (χ0n) is 16.6. The maximum atomic E-state index is 11.5. The standard InChI is InChI=1S/C22H21Cl2N3O4/c23-19-3-1-2-17(20(19)24)15-4-6-16(7-5-15)27-21(18(14-25-27)22(28)29)31-13-10-26-8-11-30-12-9-26/h1-7,14H,8-13H2,(H,28,29)/p-1. The third kappa shape index (κ3) is 4.85. The van der Waals surface area contributed by atoms with Crippen molar-refractivity contribution < 1.29 is 19.4 Å². The third-order valence-electron chi connectivity index (χ3n) is 5.07. The van der Waals surface area contributed by atoms with E-state index in [9.17, 15) is 9.90 Å². The largest absolute Gasteiger partial charge is 0.545 e. The van der Waals surface area contributed by atoms with Crippen LogP contribution in [0.25, 0.3) is 16.8 Å². The number of aromatic carboxylic acids is 1. The molecular formula is C22H20Cl2N3O4-. The second-order valence-electron chi connectivity index (χ2n) is 7.01. The van der Waals surface area contributed by atoms with Crippen LogP contribution in [0.2, 0.25) is 10.0 Å². The molecule has 0 radical (unpaired) electrons. The molecule has 1 aliphatic rings. The third-order valence-corrected chi connectivity index (χ3v) is 5.89. The Kier molecular flexibility index (Phi) is 6.77. The lowest BCUT2D eigenvalue weighted by molar-refractivity contribution is -0.255. The average Bonchev–Trinajstić information content (AvgIpc) is 3.21. The van der Waals surface area contributed by atoms with E-state index in [4.69, 9.17) is 32.7 Å². The van der Waals surface area contributed by atoms with E-state index < -0.39 is 5.97 Å². The minimum atomic E-state index is -1.34. The molecule has 0 aliphatic carbocycles. The van der Waals surface area contributed by atoms with Gasteiger partial charge < -0.3 is 19.4 Å². The van der Waals surface area contributed by atoms with E-state index in [2.05, 4.69) is 10.00 Å². The molecule has 3 aromatic rings. The molecule has 0 spiro atoms. The van der Waals surface area contributed by atoms with Gasteiger partial charge in [0.15, 0.2) is 0 Å². The molecule has 0 unspecified atom stereocenters. The van der Waals surface area contributed by atoms with E-state index in [1.807, 2.05) is 36.4 Å². The van der Waals surface area contributed by atoms with Gasteiger partial charge in [-0.2, -0.15) is 5.10 Å². The fourth-order valence-corrected chi connectivity index (χ4v) is 3.81. The SMILES string of the molecule is O=C([O-])c1cnn(-c2ccc(-c3cccc(Cl)c3Cl)cc2)c1OCCN1CCOCC1. The van der Waals surface area contributed by atoms with Crippen molar-refractivity contribution in [3.63, 3.8) is 0 Å². The van der Waals surface area contributed by atoms with Gasteiger partial charge in [-0.1, -0.05) is 47.5 Å². The highest BCUT2D eigenvalue weighted by molar-refractivity contribution is 6.43. The molecule has 4 rings (SSSR count). The molecule has 2 heterocycles. The molecule has 0 bridgehead atoms. The van der Waals surface area contributed by atoms with Gasteiger partial charge in [0, 0.05) is 25.2 Å². The number of nitrogens with zero attached hydrogens (tertiary/aromatic N) is 3. The van der Waals surface area contributed by atoms with Crippen LogP contribution < -0.4 is 9.84 Å². The first-order valence-electron chi connectivity index (χ1n) is 9.81. The summed E-state index contributed by atoms with van der Waals surface area (Å²) in [5.41, 5.74) is 2.23. The van der Waals surface area contributed by atoms with Crippen LogP contribution in [-0.2, 0) is 4.74 Å². The first kappa shape index (κ1) is 21.6. The molecule has 162 valence electrons. The normalized spacial score (nSPS) is 14.5. The molecule has 0 N–H and O–H groups in total. The zero-order chi connectivity index (χ0) is 21.8. The van der Waals surface area contributed by atoms with Crippen LogP contribution in [0.5, 0.6) is 5.88 Å². The van der Waals surface area contributed by atoms with Crippen molar-refractivity contribution in [1.82, 2.24) is 14.7 Å². The highest BCUT2D eigenvalue weighted by Crippen LogP contribution is 2.34. The molecule has 1 fully saturated rings. The first-order chi connectivity index (χ1) is 15.0. The topological polar surface area (TPSA) is 79.6 Å². The molecule has 0 saturated carbocycles. The summed E-state index contributed by atoms with van der Waals surface area (Å²) in [5, 5.41) is 16.7. The summed E-state index contributed by atoms with van der Waals surface area (Å²) in [5.74, 6) is -1.20. The lowest BCUT2D eigenvalue weighted by atomic mass is 10.1. The van der Waals surface area contributed by atoms with Crippen LogP contribution >= 0.6 is 23.2 Å². The maximum Gasteiger partial charge on any atom is 0.226 e. The van der Waals surface area contributed by atoms with Gasteiger partial charge in [-0.15, -0.1) is 0 Å². The van der Waals surface area contributed by atoms with Gasteiger partial charge in [-0.25, -0.2) is 4.68 Å². The Labute approximate surface area is 189 Å². The van der Waals surface area contributed by atoms with E-state index in [1.54, 1.807) is 6.07 Å². The predicted molar refractivity (Wildman–Crippen MR) is 116 cm³/mol. The van der Waals surface area contributed by atoms with Gasteiger partial charge in [0.2, 0.25) is 5.88 Å². The van der Waals surface area contributed by atoms with E-state index in [1.165, 1.54) is 10.9 Å². The van der Waals surface area contributed by atoms with Crippen molar-refractivity contribution >= 4 is 29.2 Å². The van der Waals surface area contributed by atoms with Gasteiger partial charge in [0.1, 0.15) is 6.61 Å². The van der Waals surface area contributed by atoms with E-state index in [0.717, 1.165) is 24.2 Å². The molecule has 1 aromatic heterocycles. The van der Waals surface area contributed by atoms with Crippen molar-refractivity contribution in [2.24, 2.45) is 0 Å². The van der Waals surface area contributed by atoms with E-state index in [0.29, 0.717) is 42.1 Å². The fraction of sp³-hybridized carbons (Fsp3) is 0.273. The Morgan fingerprint density at radius 3 is 2.58 bits per heavy atom. The van der Waals surface area contributed by atoms with Crippen molar-refractivity contribution in [1.29, 1.82) is 0 Å². The number of carboxylic acids is 1. The van der Waals surface area contributed by atoms with Crippen molar-refractivity contribution in [3.8, 4) is 22.7 Å². The second-order valence-corrected chi connectivity index (χ2v) is 7.80. The van der Waals surface area contributed by atoms with E-state index >= 15 is 0 Å². The Balaban J connectivity index is 1.55. The summed E-state index contributed by atoms with van der Waals surface area (Å²) >= 11 is 12.4. The van der Waals surface area contributed by atoms with Crippen LogP contribution in [0.1, 0.15) is 10.4 Å². The number of aromatic nitrogens is 2. The van der Waals surface area contributed by atoms with Crippen LogP contribution in [0, 0.1) is 0 Å². The Morgan fingerprint density at radius 2 is 1.87 bits per heavy atom. The monoisotopic (exact) mass is 460 g/mol. The number of morpholine rings is 1. The lowest BCUT2D eigenvalue weighted by Crippen LogP contribution is -2.38. The molecule has 31 heavy (non-hydrogen) atoms. The van der Waals surface area contributed by atoms with Crippen LogP contribution in [0.3, 0.4) is 0 Å². The highest BCUT2D eigenvalue weighted by Gasteiger charge is 2.17. The van der Waals surface area contributed by atoms with Crippen LogP contribution in [-0.4, -0.2) is 60.1 Å². The van der Waals surface area contributed by atoms with Crippen molar-refractivity contribution in [3.05, 3.63) is 64.3 Å². The van der Waals surface area contributed by atoms with E-state index in [-0.39, 0.29) is 11.4 Å². The minimum Gasteiger partial charge on any atom is -0.545 e. The number of carboxylic acid groups (broad SMARTS) is 1. The van der Waals surface area contributed by atoms with Gasteiger partial charge in [-0.05, 0) is 23.8 Å². The summed E-state index contributed by atoms with van der Waals surface area (Å²) in [6.45, 7) is 4.00. The van der Waals surface area contributed by atoms with Gasteiger partial charge in [0.05, 0.1) is 46.7 Å². The van der Waals surface area contributed by atoms with Crippen molar-refractivity contribution in [2.75, 3.05) is 39.5 Å². The molecule has 9 heteroatoms. The van der Waals surface area contributed by atoms with Crippen LogP contribution in [0.4, 0.5) is 0 Å². The molecule has 0 atom stereocenters. The number of hydrogen-bond donors (Lipinski definition) is 0. The fourth-order valence-electron chi connectivity index (χ4n) is 3.41. The second kappa shape index (κ2) is 9.70. The van der Waals surface area contributed by atoms with Crippen LogP contribution in [0.15, 0.2) is 48.7 Å². The average molecular weight is 461 g/mol. The van der Waals surface area contributed by atoms with Crippen molar-refractivity contribution in [2.45, 2.75) is 0 Å². The quantitative estimate of drug-likeness (QED) is 0.539. The summed E-state index contributed by atoms with van der Waals surface area (Å²) in [4.78, 5) is 13.7. The molecule has 1 aliphatic heterocycles. The Hall–Kier alpha value is -2.58. The number of halogens is 2. The number of ether oxygens (including phenoxy) is 2. The molecule has 2 aromatic carbocycles. The summed E-state index contributed by atoms with van der Waals surface area (Å²) in [6.07, 6.45) is 1.24. The summed E-state index contributed by atoms with van der Waals surface area (Å²) in [7, 11) is 0. The van der Waals surface area contributed by atoms with Gasteiger partial charge in [-0.3, -0.25) is 4.90 Å². The van der Waals surface area contributed by atoms with Gasteiger partial charge in [0.25, 0.3) is 0 Å². The maximum absolute atomic E-state index is 11.5. The summed E-state index contributed by atoms with van der Waals surface area (Å²) < 4.78 is 12.6. The number of carbonyl (C=O) groups is 1. The Bertz CT molecular complexity index is 1060. The zero-order valence-corrected chi connectivity index (χ0v) is 18.1. The van der Waals surface area contributed by atoms with Gasteiger partial charge >= 0.3 is 0 Å². The molecule has 0 amide bonds. The molecule has 1 saturated heterocycles. The number of rotatable bonds is 7. The predicted octanol–water partition coefficient (Wildman–Crippen LogP) is 2.92. The lowest BCUT2D eigenvalue weighted by Gasteiger charge is -2.26. The number of hydrogen-bond acceptors (Lipinski definition) is 6. The smallest absolute Gasteiger partial charge is 0.226 e. The highest BCUT2D eigenvalue weighted by atomic mass is 35.5. The first-order valence-corrected chi connectivity index (χ1v) is 10.6. The minimum absolute atomic E-state index is 0.0936. The Morgan fingerprint density at radius 1 is 1.13 bits per heavy atom. The number of benzene rings is 2. The molecular weight excluding hydrogens is 441 g/mol. The number of carbonyl (C=O) groups excluding carboxylic acids is 1. The molecule has 7 nitrogen and oxygen atoms in total.